The molecule has 0 aromatic carbocycles. The number of amides is 1. The summed E-state index contributed by atoms with van der Waals surface area (Å²) >= 11 is 0. The summed E-state index contributed by atoms with van der Waals surface area (Å²) in [7, 11) is 0. The van der Waals surface area contributed by atoms with Gasteiger partial charge in [0.1, 0.15) is 6.10 Å². The molecule has 0 aromatic rings. The van der Waals surface area contributed by atoms with E-state index in [1.807, 2.05) is 0 Å². The topological polar surface area (TPSA) is 55.8 Å². The standard InChI is InChI=1S/C15H25NO4/c1-10(2)12-7-6-11(3)9-13(12)19-15(18)20-16-8-4-5-14(16)17/h10-13H,4-9H2,1-3H3. The highest BCUT2D eigenvalue weighted by molar-refractivity contribution is 5.78. The van der Waals surface area contributed by atoms with Gasteiger partial charge in [0.15, 0.2) is 0 Å². The Kier molecular flexibility index (Phi) is 4.89. The fourth-order valence-corrected chi connectivity index (χ4v) is 3.21. The fourth-order valence-electron chi connectivity index (χ4n) is 3.21. The van der Waals surface area contributed by atoms with Crippen LogP contribution in [-0.4, -0.2) is 29.8 Å². The molecule has 0 radical (unpaired) electrons. The molecule has 0 bridgehead atoms. The Hall–Kier alpha value is -1.26. The average molecular weight is 283 g/mol. The Bertz CT molecular complexity index is 369. The average Bonchev–Trinajstić information content (AvgIpc) is 2.74. The summed E-state index contributed by atoms with van der Waals surface area (Å²) in [5.41, 5.74) is 0. The van der Waals surface area contributed by atoms with Gasteiger partial charge >= 0.3 is 6.16 Å². The molecule has 3 unspecified atom stereocenters. The van der Waals surface area contributed by atoms with Crippen LogP contribution in [0, 0.1) is 17.8 Å². The molecule has 2 aliphatic rings. The smallest absolute Gasteiger partial charge is 0.429 e. The minimum Gasteiger partial charge on any atom is -0.429 e. The third-order valence-electron chi connectivity index (χ3n) is 4.42. The molecule has 5 heteroatoms. The summed E-state index contributed by atoms with van der Waals surface area (Å²) in [5, 5.41) is 1.12. The van der Waals surface area contributed by atoms with E-state index in [4.69, 9.17) is 9.57 Å². The zero-order chi connectivity index (χ0) is 14.7. The summed E-state index contributed by atoms with van der Waals surface area (Å²) in [4.78, 5) is 28.3. The molecule has 5 nitrogen and oxygen atoms in total. The van der Waals surface area contributed by atoms with E-state index in [9.17, 15) is 9.59 Å². The number of hydroxylamine groups is 2. The van der Waals surface area contributed by atoms with Crippen LogP contribution in [0.25, 0.3) is 0 Å². The van der Waals surface area contributed by atoms with Crippen LogP contribution in [-0.2, 0) is 14.4 Å². The molecule has 3 atom stereocenters. The van der Waals surface area contributed by atoms with Crippen molar-refractivity contribution < 1.29 is 19.2 Å². The van der Waals surface area contributed by atoms with E-state index in [2.05, 4.69) is 20.8 Å². The van der Waals surface area contributed by atoms with Gasteiger partial charge in [0.2, 0.25) is 0 Å². The molecule has 1 saturated carbocycles. The minimum atomic E-state index is -0.731. The largest absolute Gasteiger partial charge is 0.533 e. The van der Waals surface area contributed by atoms with Crippen molar-refractivity contribution >= 4 is 12.1 Å². The molecule has 0 aromatic heterocycles. The predicted octanol–water partition coefficient (Wildman–Crippen LogP) is 3.14. The quantitative estimate of drug-likeness (QED) is 0.747. The van der Waals surface area contributed by atoms with Gasteiger partial charge in [-0.3, -0.25) is 4.79 Å². The van der Waals surface area contributed by atoms with Gasteiger partial charge in [-0.1, -0.05) is 27.2 Å². The van der Waals surface area contributed by atoms with E-state index in [0.29, 0.717) is 30.7 Å². The monoisotopic (exact) mass is 283 g/mol. The Labute approximate surface area is 120 Å². The Morgan fingerprint density at radius 1 is 1.35 bits per heavy atom. The number of hydrogen-bond donors (Lipinski definition) is 0. The fraction of sp³-hybridized carbons (Fsp3) is 0.867. The molecule has 1 amide bonds. The molecule has 0 N–H and O–H groups in total. The predicted molar refractivity (Wildman–Crippen MR) is 73.6 cm³/mol. The number of carbonyl (C=O) groups is 2. The molecule has 114 valence electrons. The van der Waals surface area contributed by atoms with E-state index in [1.54, 1.807) is 0 Å². The zero-order valence-corrected chi connectivity index (χ0v) is 12.6. The maximum Gasteiger partial charge on any atom is 0.533 e. The molecular formula is C15H25NO4. The van der Waals surface area contributed by atoms with Crippen LogP contribution in [0.3, 0.4) is 0 Å². The van der Waals surface area contributed by atoms with Crippen LogP contribution < -0.4 is 0 Å². The second-order valence-corrected chi connectivity index (χ2v) is 6.42. The van der Waals surface area contributed by atoms with Crippen molar-refractivity contribution in [2.45, 2.75) is 59.0 Å². The molecule has 1 aliphatic heterocycles. The Morgan fingerprint density at radius 2 is 2.10 bits per heavy atom. The first-order valence-electron chi connectivity index (χ1n) is 7.66. The van der Waals surface area contributed by atoms with Crippen molar-refractivity contribution in [2.24, 2.45) is 17.8 Å². The van der Waals surface area contributed by atoms with Gasteiger partial charge in [-0.25, -0.2) is 4.79 Å². The van der Waals surface area contributed by atoms with Gasteiger partial charge in [0.25, 0.3) is 5.91 Å². The van der Waals surface area contributed by atoms with E-state index in [-0.39, 0.29) is 12.0 Å². The molecule has 1 aliphatic carbocycles. The molecule has 0 spiro atoms. The number of ether oxygens (including phenoxy) is 1. The maximum atomic E-state index is 11.8. The third-order valence-corrected chi connectivity index (χ3v) is 4.42. The minimum absolute atomic E-state index is 0.0936. The number of carbonyl (C=O) groups excluding carboxylic acids is 2. The van der Waals surface area contributed by atoms with Crippen molar-refractivity contribution in [1.82, 2.24) is 5.06 Å². The number of hydrogen-bond acceptors (Lipinski definition) is 4. The van der Waals surface area contributed by atoms with Crippen molar-refractivity contribution in [3.8, 4) is 0 Å². The summed E-state index contributed by atoms with van der Waals surface area (Å²) < 4.78 is 5.49. The van der Waals surface area contributed by atoms with Crippen LogP contribution in [0.5, 0.6) is 0 Å². The highest BCUT2D eigenvalue weighted by Gasteiger charge is 2.35. The van der Waals surface area contributed by atoms with Crippen molar-refractivity contribution in [3.05, 3.63) is 0 Å². The molecule has 2 rings (SSSR count). The lowest BCUT2D eigenvalue weighted by molar-refractivity contribution is -0.169. The van der Waals surface area contributed by atoms with Crippen LogP contribution in [0.1, 0.15) is 52.9 Å². The Balaban J connectivity index is 1.88. The molecule has 1 saturated heterocycles. The van der Waals surface area contributed by atoms with E-state index >= 15 is 0 Å². The highest BCUT2D eigenvalue weighted by atomic mass is 16.8. The van der Waals surface area contributed by atoms with E-state index < -0.39 is 6.16 Å². The lowest BCUT2D eigenvalue weighted by atomic mass is 9.75. The van der Waals surface area contributed by atoms with Gasteiger partial charge in [0.05, 0.1) is 6.54 Å². The molecule has 20 heavy (non-hydrogen) atoms. The lowest BCUT2D eigenvalue weighted by Gasteiger charge is -2.36. The summed E-state index contributed by atoms with van der Waals surface area (Å²) in [5.74, 6) is 1.29. The second kappa shape index (κ2) is 6.46. The zero-order valence-electron chi connectivity index (χ0n) is 12.6. The normalized spacial score (nSPS) is 30.7. The van der Waals surface area contributed by atoms with Gasteiger partial charge in [-0.2, -0.15) is 5.06 Å². The van der Waals surface area contributed by atoms with Gasteiger partial charge < -0.3 is 9.57 Å². The van der Waals surface area contributed by atoms with Crippen molar-refractivity contribution in [3.63, 3.8) is 0 Å². The lowest BCUT2D eigenvalue weighted by Crippen LogP contribution is -2.38. The maximum absolute atomic E-state index is 11.8. The Morgan fingerprint density at radius 3 is 2.70 bits per heavy atom. The third kappa shape index (κ3) is 3.64. The summed E-state index contributed by atoms with van der Waals surface area (Å²) in [6.07, 6.45) is 3.51. The first-order chi connectivity index (χ1) is 9.47. The second-order valence-electron chi connectivity index (χ2n) is 6.42. The van der Waals surface area contributed by atoms with Crippen LogP contribution in [0.15, 0.2) is 0 Å². The SMILES string of the molecule is CC1CCC(C(C)C)C(OC(=O)ON2CCCC2=O)C1. The molecule has 1 heterocycles. The van der Waals surface area contributed by atoms with Gasteiger partial charge in [-0.15, -0.1) is 0 Å². The van der Waals surface area contributed by atoms with Gasteiger partial charge in [0, 0.05) is 6.42 Å². The van der Waals surface area contributed by atoms with E-state index in [1.165, 1.54) is 6.42 Å². The molecular weight excluding hydrogens is 258 g/mol. The molecule has 2 fully saturated rings. The summed E-state index contributed by atoms with van der Waals surface area (Å²) in [6, 6.07) is 0. The van der Waals surface area contributed by atoms with Gasteiger partial charge in [-0.05, 0) is 37.0 Å². The number of rotatable bonds is 3. The van der Waals surface area contributed by atoms with Crippen LogP contribution >= 0.6 is 0 Å². The van der Waals surface area contributed by atoms with Crippen molar-refractivity contribution in [2.75, 3.05) is 6.54 Å². The van der Waals surface area contributed by atoms with Crippen LogP contribution in [0.2, 0.25) is 0 Å². The van der Waals surface area contributed by atoms with E-state index in [0.717, 1.165) is 24.3 Å². The first-order valence-corrected chi connectivity index (χ1v) is 7.66. The first kappa shape index (κ1) is 15.1. The number of nitrogens with zero attached hydrogens (tertiary/aromatic N) is 1. The van der Waals surface area contributed by atoms with Crippen LogP contribution in [0.4, 0.5) is 4.79 Å². The highest BCUT2D eigenvalue weighted by Crippen LogP contribution is 2.35. The summed E-state index contributed by atoms with van der Waals surface area (Å²) in [6.45, 7) is 6.98. The van der Waals surface area contributed by atoms with Crippen molar-refractivity contribution in [1.29, 1.82) is 0 Å².